The third kappa shape index (κ3) is 6.25. The summed E-state index contributed by atoms with van der Waals surface area (Å²) in [5.41, 5.74) is 17.2. The van der Waals surface area contributed by atoms with Crippen LogP contribution in [0.25, 0.3) is 128 Å². The Morgan fingerprint density at radius 2 is 0.681 bits per heavy atom. The van der Waals surface area contributed by atoms with Crippen molar-refractivity contribution >= 4 is 65.4 Å². The zero-order valence-electron chi connectivity index (χ0n) is 37.4. The molecule has 0 saturated carbocycles. The smallest absolute Gasteiger partial charge is 0.160 e. The number of nitrogens with zero attached hydrogens (tertiary/aromatic N) is 5. The van der Waals surface area contributed by atoms with Crippen molar-refractivity contribution in [3.63, 3.8) is 0 Å². The average molecular weight is 880 g/mol. The lowest BCUT2D eigenvalue weighted by Crippen LogP contribution is -2.01. The van der Waals surface area contributed by atoms with Crippen LogP contribution in [0, 0.1) is 0 Å². The highest BCUT2D eigenvalue weighted by Gasteiger charge is 2.21. The molecule has 14 rings (SSSR count). The van der Waals surface area contributed by atoms with Gasteiger partial charge in [0.15, 0.2) is 5.82 Å². The lowest BCUT2D eigenvalue weighted by Gasteiger charge is -2.18. The van der Waals surface area contributed by atoms with Gasteiger partial charge in [-0.1, -0.05) is 170 Å². The molecule has 5 nitrogen and oxygen atoms in total. The molecular formula is C64H41N5. The van der Waals surface area contributed by atoms with Gasteiger partial charge in [0.05, 0.1) is 50.2 Å². The Bertz CT molecular complexity index is 4140. The minimum absolute atomic E-state index is 0.687. The first-order chi connectivity index (χ1) is 34.2. The summed E-state index contributed by atoms with van der Waals surface area (Å²) in [6.45, 7) is 0. The Hall–Kier alpha value is -9.32. The maximum atomic E-state index is 5.31. The molecule has 0 aliphatic carbocycles. The number of benzene rings is 10. The van der Waals surface area contributed by atoms with Crippen LogP contribution in [0.3, 0.4) is 0 Å². The van der Waals surface area contributed by atoms with Crippen molar-refractivity contribution in [1.82, 2.24) is 23.7 Å². The molecule has 0 N–H and O–H groups in total. The molecule has 322 valence electrons. The van der Waals surface area contributed by atoms with Crippen LogP contribution in [0.5, 0.6) is 0 Å². The second kappa shape index (κ2) is 15.7. The Balaban J connectivity index is 1.02. The van der Waals surface area contributed by atoms with E-state index in [1.807, 2.05) is 24.3 Å². The monoisotopic (exact) mass is 879 g/mol. The van der Waals surface area contributed by atoms with Gasteiger partial charge in [0, 0.05) is 65.9 Å². The fourth-order valence-electron chi connectivity index (χ4n) is 10.8. The fourth-order valence-corrected chi connectivity index (χ4v) is 10.8. The summed E-state index contributed by atoms with van der Waals surface area (Å²) in [5.74, 6) is 0.687. The van der Waals surface area contributed by atoms with Crippen molar-refractivity contribution in [2.24, 2.45) is 0 Å². The zero-order chi connectivity index (χ0) is 45.4. The standard InChI is InChI=1S/C64H41N5/c1-3-18-42(19-4-1)55-41-56(66-64(65-55)43-20-5-2-6-21-43)45-34-36-62(53(39-45)44-22-17-23-46(38-44)67-57-29-12-7-24-48(57)49-25-8-13-30-58(49)67)69-61-33-16-11-28-52(61)54-40-47(35-37-63(54)69)68-59-31-14-9-26-50(59)51-27-10-15-32-60(51)68/h1-41H. The second-order valence-electron chi connectivity index (χ2n) is 17.8. The van der Waals surface area contributed by atoms with Crippen LogP contribution in [0.4, 0.5) is 0 Å². The Morgan fingerprint density at radius 3 is 1.25 bits per heavy atom. The predicted molar refractivity (Wildman–Crippen MR) is 287 cm³/mol. The summed E-state index contributed by atoms with van der Waals surface area (Å²) in [7, 11) is 0. The van der Waals surface area contributed by atoms with Gasteiger partial charge in [-0.05, 0) is 84.4 Å². The second-order valence-corrected chi connectivity index (χ2v) is 17.8. The lowest BCUT2D eigenvalue weighted by atomic mass is 9.97. The normalized spacial score (nSPS) is 11.8. The van der Waals surface area contributed by atoms with Gasteiger partial charge in [-0.3, -0.25) is 0 Å². The number of aromatic nitrogens is 5. The first-order valence-corrected chi connectivity index (χ1v) is 23.5. The van der Waals surface area contributed by atoms with Gasteiger partial charge in [-0.25, -0.2) is 9.97 Å². The Kier molecular flexibility index (Phi) is 8.83. The molecule has 5 heteroatoms. The summed E-state index contributed by atoms with van der Waals surface area (Å²) in [6, 6.07) is 89.4. The first kappa shape index (κ1) is 38.9. The van der Waals surface area contributed by atoms with Crippen LogP contribution in [0.15, 0.2) is 249 Å². The number of hydrogen-bond acceptors (Lipinski definition) is 2. The van der Waals surface area contributed by atoms with Crippen LogP contribution in [0.1, 0.15) is 0 Å². The van der Waals surface area contributed by atoms with Crippen molar-refractivity contribution < 1.29 is 0 Å². The maximum absolute atomic E-state index is 5.31. The van der Waals surface area contributed by atoms with Gasteiger partial charge in [-0.15, -0.1) is 0 Å². The molecule has 69 heavy (non-hydrogen) atoms. The molecular weight excluding hydrogens is 839 g/mol. The zero-order valence-corrected chi connectivity index (χ0v) is 37.4. The molecule has 0 saturated heterocycles. The molecule has 10 aromatic carbocycles. The van der Waals surface area contributed by atoms with Crippen LogP contribution in [0.2, 0.25) is 0 Å². The van der Waals surface area contributed by atoms with E-state index in [-0.39, 0.29) is 0 Å². The van der Waals surface area contributed by atoms with Crippen LogP contribution in [-0.4, -0.2) is 23.7 Å². The summed E-state index contributed by atoms with van der Waals surface area (Å²) in [5, 5.41) is 7.35. The highest BCUT2D eigenvalue weighted by atomic mass is 15.0. The molecule has 0 spiro atoms. The van der Waals surface area contributed by atoms with Gasteiger partial charge >= 0.3 is 0 Å². The van der Waals surface area contributed by atoms with E-state index < -0.39 is 0 Å². The van der Waals surface area contributed by atoms with Crippen molar-refractivity contribution in [3.8, 4) is 62.1 Å². The molecule has 0 bridgehead atoms. The highest BCUT2D eigenvalue weighted by Crippen LogP contribution is 2.42. The SMILES string of the molecule is c1ccc(-c2cc(-c3ccc(-n4c5ccccc5c5cc(-n6c7ccccc7c7ccccc76)ccc54)c(-c4cccc(-n5c6ccccc6c6ccccc65)c4)c3)nc(-c3ccccc3)n2)cc1. The minimum Gasteiger partial charge on any atom is -0.309 e. The van der Waals surface area contributed by atoms with E-state index in [1.165, 1.54) is 54.4 Å². The summed E-state index contributed by atoms with van der Waals surface area (Å²) in [6.07, 6.45) is 0. The molecule has 0 aliphatic rings. The first-order valence-electron chi connectivity index (χ1n) is 23.5. The van der Waals surface area contributed by atoms with E-state index in [9.17, 15) is 0 Å². The predicted octanol–water partition coefficient (Wildman–Crippen LogP) is 16.4. The van der Waals surface area contributed by atoms with Crippen LogP contribution in [-0.2, 0) is 0 Å². The van der Waals surface area contributed by atoms with Crippen molar-refractivity contribution in [3.05, 3.63) is 249 Å². The van der Waals surface area contributed by atoms with E-state index in [2.05, 4.69) is 238 Å². The average Bonchev–Trinajstić information content (AvgIpc) is 4.07. The highest BCUT2D eigenvalue weighted by molar-refractivity contribution is 6.13. The molecule has 0 unspecified atom stereocenters. The molecule has 14 aromatic rings. The van der Waals surface area contributed by atoms with Gasteiger partial charge < -0.3 is 13.7 Å². The van der Waals surface area contributed by atoms with Crippen molar-refractivity contribution in [1.29, 1.82) is 0 Å². The Morgan fingerprint density at radius 1 is 0.246 bits per heavy atom. The fraction of sp³-hybridized carbons (Fsp3) is 0. The van der Waals surface area contributed by atoms with Gasteiger partial charge in [0.2, 0.25) is 0 Å². The summed E-state index contributed by atoms with van der Waals surface area (Å²) in [4.78, 5) is 10.4. The third-order valence-electron chi connectivity index (χ3n) is 13.9. The molecule has 4 aromatic heterocycles. The molecule has 0 aliphatic heterocycles. The number of fused-ring (bicyclic) bond motifs is 9. The van der Waals surface area contributed by atoms with Gasteiger partial charge in [-0.2, -0.15) is 0 Å². The molecule has 0 fully saturated rings. The lowest BCUT2D eigenvalue weighted by molar-refractivity contribution is 1.16. The van der Waals surface area contributed by atoms with Gasteiger partial charge in [0.25, 0.3) is 0 Å². The molecule has 4 heterocycles. The topological polar surface area (TPSA) is 40.6 Å². The van der Waals surface area contributed by atoms with Crippen molar-refractivity contribution in [2.45, 2.75) is 0 Å². The van der Waals surface area contributed by atoms with Gasteiger partial charge in [0.1, 0.15) is 0 Å². The largest absolute Gasteiger partial charge is 0.309 e. The van der Waals surface area contributed by atoms with E-state index >= 15 is 0 Å². The van der Waals surface area contributed by atoms with E-state index in [1.54, 1.807) is 0 Å². The van der Waals surface area contributed by atoms with E-state index in [0.29, 0.717) is 5.82 Å². The molecule has 0 atom stereocenters. The summed E-state index contributed by atoms with van der Waals surface area (Å²) >= 11 is 0. The number of hydrogen-bond donors (Lipinski definition) is 0. The van der Waals surface area contributed by atoms with E-state index in [0.717, 1.165) is 67.3 Å². The van der Waals surface area contributed by atoms with E-state index in [4.69, 9.17) is 9.97 Å². The minimum atomic E-state index is 0.687. The van der Waals surface area contributed by atoms with Crippen molar-refractivity contribution in [2.75, 3.05) is 0 Å². The van der Waals surface area contributed by atoms with Crippen LogP contribution >= 0.6 is 0 Å². The van der Waals surface area contributed by atoms with Crippen LogP contribution < -0.4 is 0 Å². The molecule has 0 amide bonds. The number of para-hydroxylation sites is 5. The summed E-state index contributed by atoms with van der Waals surface area (Å²) < 4.78 is 7.26. The Labute approximate surface area is 398 Å². The third-order valence-corrected chi connectivity index (χ3v) is 13.9. The quantitative estimate of drug-likeness (QED) is 0.160. The maximum Gasteiger partial charge on any atom is 0.160 e. The number of rotatable bonds is 7. The molecule has 0 radical (unpaired) electrons.